The monoisotopic (exact) mass is 380 g/mol. The zero-order chi connectivity index (χ0) is 14.8. The first-order chi connectivity index (χ1) is 10.2. The molecule has 2 aliphatic heterocycles. The van der Waals surface area contributed by atoms with Crippen LogP contribution in [0.15, 0.2) is 5.38 Å². The fourth-order valence-corrected chi connectivity index (χ4v) is 3.89. The van der Waals surface area contributed by atoms with Crippen LogP contribution in [0.1, 0.15) is 31.4 Å². The van der Waals surface area contributed by atoms with Crippen LogP contribution in [0, 0.1) is 0 Å². The molecule has 130 valence electrons. The van der Waals surface area contributed by atoms with Gasteiger partial charge in [-0.25, -0.2) is 4.98 Å². The molecule has 1 aromatic heterocycles. The van der Waals surface area contributed by atoms with Gasteiger partial charge in [0, 0.05) is 37.5 Å². The Balaban J connectivity index is 0.00000132. The normalized spacial score (nSPS) is 20.4. The maximum absolute atomic E-state index is 12.3. The zero-order valence-corrected chi connectivity index (χ0v) is 15.2. The van der Waals surface area contributed by atoms with Crippen LogP contribution in [0.2, 0.25) is 0 Å². The number of rotatable bonds is 4. The summed E-state index contributed by atoms with van der Waals surface area (Å²) in [5.41, 5.74) is 6.46. The number of amides is 2. The Morgan fingerprint density at radius 1 is 1.35 bits per heavy atom. The summed E-state index contributed by atoms with van der Waals surface area (Å²) in [5.74, 6) is 0.220. The Hall–Kier alpha value is -0.890. The molecule has 0 aliphatic carbocycles. The lowest BCUT2D eigenvalue weighted by Gasteiger charge is -2.23. The summed E-state index contributed by atoms with van der Waals surface area (Å²) in [5, 5.41) is 2.60. The average molecular weight is 381 g/mol. The number of nitrogens with two attached hydrogens (primary N) is 1. The molecule has 1 atom stereocenters. The van der Waals surface area contributed by atoms with Gasteiger partial charge in [0.1, 0.15) is 0 Å². The van der Waals surface area contributed by atoms with Crippen molar-refractivity contribution >= 4 is 53.1 Å². The number of anilines is 1. The van der Waals surface area contributed by atoms with E-state index >= 15 is 0 Å². The SMILES string of the molecule is Cl.Cl.NCC1CCCN1C(=O)Cc1csc(N2CCCC2=O)n1. The van der Waals surface area contributed by atoms with E-state index in [0.29, 0.717) is 19.4 Å². The van der Waals surface area contributed by atoms with E-state index in [4.69, 9.17) is 5.73 Å². The molecule has 6 nitrogen and oxygen atoms in total. The molecule has 2 fully saturated rings. The maximum Gasteiger partial charge on any atom is 0.228 e. The van der Waals surface area contributed by atoms with E-state index < -0.39 is 0 Å². The van der Waals surface area contributed by atoms with Crippen molar-refractivity contribution in [3.8, 4) is 0 Å². The molecule has 9 heteroatoms. The lowest BCUT2D eigenvalue weighted by Crippen LogP contribution is -2.40. The summed E-state index contributed by atoms with van der Waals surface area (Å²) in [7, 11) is 0. The summed E-state index contributed by atoms with van der Waals surface area (Å²) < 4.78 is 0. The van der Waals surface area contributed by atoms with Crippen LogP contribution in [0.25, 0.3) is 0 Å². The van der Waals surface area contributed by atoms with Crippen molar-refractivity contribution in [1.29, 1.82) is 0 Å². The van der Waals surface area contributed by atoms with Crippen molar-refractivity contribution in [2.75, 3.05) is 24.5 Å². The highest BCUT2D eigenvalue weighted by Crippen LogP contribution is 2.26. The van der Waals surface area contributed by atoms with Crippen LogP contribution < -0.4 is 10.6 Å². The van der Waals surface area contributed by atoms with Crippen molar-refractivity contribution in [3.05, 3.63) is 11.1 Å². The van der Waals surface area contributed by atoms with E-state index in [0.717, 1.165) is 43.2 Å². The molecule has 1 unspecified atom stereocenters. The van der Waals surface area contributed by atoms with Gasteiger partial charge in [0.15, 0.2) is 5.13 Å². The fourth-order valence-electron chi connectivity index (χ4n) is 3.02. The Morgan fingerprint density at radius 2 is 2.13 bits per heavy atom. The quantitative estimate of drug-likeness (QED) is 0.859. The first-order valence-electron chi connectivity index (χ1n) is 7.43. The molecule has 0 aromatic carbocycles. The molecule has 3 rings (SSSR count). The van der Waals surface area contributed by atoms with Crippen molar-refractivity contribution in [2.24, 2.45) is 5.73 Å². The molecular formula is C14H22Cl2N4O2S. The zero-order valence-electron chi connectivity index (χ0n) is 12.8. The third-order valence-electron chi connectivity index (χ3n) is 4.15. The highest BCUT2D eigenvalue weighted by Gasteiger charge is 2.28. The smallest absolute Gasteiger partial charge is 0.228 e. The number of thiazole rings is 1. The predicted octanol–water partition coefficient (Wildman–Crippen LogP) is 1.61. The molecule has 1 aromatic rings. The maximum atomic E-state index is 12.3. The second-order valence-electron chi connectivity index (χ2n) is 5.57. The van der Waals surface area contributed by atoms with E-state index in [2.05, 4.69) is 4.98 Å². The first kappa shape index (κ1) is 20.2. The van der Waals surface area contributed by atoms with Crippen LogP contribution in [0.4, 0.5) is 5.13 Å². The molecule has 2 N–H and O–H groups in total. The molecule has 2 aliphatic rings. The third-order valence-corrected chi connectivity index (χ3v) is 5.06. The van der Waals surface area contributed by atoms with Gasteiger partial charge < -0.3 is 10.6 Å². The summed E-state index contributed by atoms with van der Waals surface area (Å²) in [6.45, 7) is 2.06. The van der Waals surface area contributed by atoms with Gasteiger partial charge in [0.05, 0.1) is 12.1 Å². The molecule has 2 saturated heterocycles. The minimum atomic E-state index is 0. The fraction of sp³-hybridized carbons (Fsp3) is 0.643. The van der Waals surface area contributed by atoms with E-state index in [1.165, 1.54) is 11.3 Å². The number of halogens is 2. The summed E-state index contributed by atoms with van der Waals surface area (Å²) in [6, 6.07) is 0.177. The van der Waals surface area contributed by atoms with Gasteiger partial charge in [-0.3, -0.25) is 14.5 Å². The standard InChI is InChI=1S/C14H20N4O2S.2ClH/c15-8-11-3-1-5-17(11)13(20)7-10-9-21-14(16-10)18-6-2-4-12(18)19;;/h9,11H,1-8,15H2;2*1H. The number of hydrogen-bond acceptors (Lipinski definition) is 5. The molecule has 0 spiro atoms. The van der Waals surface area contributed by atoms with Gasteiger partial charge >= 0.3 is 0 Å². The van der Waals surface area contributed by atoms with Crippen LogP contribution in [-0.4, -0.2) is 47.4 Å². The Kier molecular flexibility index (Phi) is 7.73. The third kappa shape index (κ3) is 4.35. The summed E-state index contributed by atoms with van der Waals surface area (Å²) >= 11 is 1.44. The molecular weight excluding hydrogens is 359 g/mol. The first-order valence-corrected chi connectivity index (χ1v) is 8.31. The minimum Gasteiger partial charge on any atom is -0.338 e. The van der Waals surface area contributed by atoms with Gasteiger partial charge in [0.25, 0.3) is 0 Å². The van der Waals surface area contributed by atoms with Crippen molar-refractivity contribution in [3.63, 3.8) is 0 Å². The minimum absolute atomic E-state index is 0. The highest BCUT2D eigenvalue weighted by atomic mass is 35.5. The van der Waals surface area contributed by atoms with E-state index in [9.17, 15) is 9.59 Å². The second-order valence-corrected chi connectivity index (χ2v) is 6.40. The number of nitrogens with zero attached hydrogens (tertiary/aromatic N) is 3. The summed E-state index contributed by atoms with van der Waals surface area (Å²) in [4.78, 5) is 32.1. The van der Waals surface area contributed by atoms with Crippen molar-refractivity contribution in [1.82, 2.24) is 9.88 Å². The number of aromatic nitrogens is 1. The van der Waals surface area contributed by atoms with Gasteiger partial charge in [-0.1, -0.05) is 0 Å². The predicted molar refractivity (Wildman–Crippen MR) is 95.7 cm³/mol. The van der Waals surface area contributed by atoms with Gasteiger partial charge in [-0.05, 0) is 19.3 Å². The molecule has 0 bridgehead atoms. The van der Waals surface area contributed by atoms with Gasteiger partial charge in [0.2, 0.25) is 11.8 Å². The Morgan fingerprint density at radius 3 is 2.78 bits per heavy atom. The number of carbonyl (C=O) groups is 2. The second kappa shape index (κ2) is 8.82. The number of carbonyl (C=O) groups excluding carboxylic acids is 2. The lowest BCUT2D eigenvalue weighted by atomic mass is 10.2. The lowest BCUT2D eigenvalue weighted by molar-refractivity contribution is -0.131. The number of likely N-dealkylation sites (tertiary alicyclic amines) is 1. The van der Waals surface area contributed by atoms with Gasteiger partial charge in [-0.2, -0.15) is 0 Å². The van der Waals surface area contributed by atoms with Crippen LogP contribution >= 0.6 is 36.2 Å². The Labute approximate surface area is 152 Å². The van der Waals surface area contributed by atoms with E-state index in [1.54, 1.807) is 4.90 Å². The number of hydrogen-bond donors (Lipinski definition) is 1. The molecule has 3 heterocycles. The largest absolute Gasteiger partial charge is 0.338 e. The van der Waals surface area contributed by atoms with Crippen LogP contribution in [0.3, 0.4) is 0 Å². The summed E-state index contributed by atoms with van der Waals surface area (Å²) in [6.07, 6.45) is 3.80. The van der Waals surface area contributed by atoms with Crippen LogP contribution in [0.5, 0.6) is 0 Å². The molecule has 2 amide bonds. The van der Waals surface area contributed by atoms with E-state index in [1.807, 2.05) is 10.3 Å². The topological polar surface area (TPSA) is 79.5 Å². The molecule has 23 heavy (non-hydrogen) atoms. The van der Waals surface area contributed by atoms with E-state index in [-0.39, 0.29) is 42.7 Å². The molecule has 0 radical (unpaired) electrons. The van der Waals surface area contributed by atoms with Gasteiger partial charge in [-0.15, -0.1) is 36.2 Å². The van der Waals surface area contributed by atoms with Crippen molar-refractivity contribution < 1.29 is 9.59 Å². The Bertz CT molecular complexity index is 555. The average Bonchev–Trinajstić information content (AvgIpc) is 3.17. The highest BCUT2D eigenvalue weighted by molar-refractivity contribution is 7.14. The molecule has 0 saturated carbocycles. The van der Waals surface area contributed by atoms with Crippen LogP contribution in [-0.2, 0) is 16.0 Å². The van der Waals surface area contributed by atoms with Crippen molar-refractivity contribution in [2.45, 2.75) is 38.1 Å².